The van der Waals surface area contributed by atoms with Crippen LogP contribution in [0, 0.1) is 50.5 Å². The van der Waals surface area contributed by atoms with E-state index in [9.17, 15) is 0 Å². The van der Waals surface area contributed by atoms with Crippen LogP contribution < -0.4 is 0 Å². The topological polar surface area (TPSA) is 109 Å². The van der Waals surface area contributed by atoms with Gasteiger partial charge in [0, 0.05) is 0 Å². The SMILES string of the molecule is CO[C](=[W])C#CC(C)(C)C.[C-]#[O+].[C-]#[O+].[C-]#[O+].[C-]#[O+].[C-]#[O+]. The predicted molar refractivity (Wildman–Crippen MR) is 58.9 cm³/mol. The van der Waals surface area contributed by atoms with Crippen molar-refractivity contribution in [1.82, 2.24) is 0 Å². The van der Waals surface area contributed by atoms with E-state index in [1.54, 1.807) is 7.11 Å². The normalized spacial score (nSPS) is 5.50. The fourth-order valence-electron chi connectivity index (χ4n) is 0.290. The van der Waals surface area contributed by atoms with Crippen molar-refractivity contribution >= 4 is 4.08 Å². The predicted octanol–water partition coefficient (Wildman–Crippen LogP) is 1.17. The molecule has 0 atom stereocenters. The van der Waals surface area contributed by atoms with Crippen LogP contribution in [0.25, 0.3) is 0 Å². The summed E-state index contributed by atoms with van der Waals surface area (Å²) < 4.78 is 43.3. The zero-order valence-electron chi connectivity index (χ0n) is 11.4. The third-order valence-corrected chi connectivity index (χ3v) is 1.69. The molecular weight excluding hydrogens is 436 g/mol. The van der Waals surface area contributed by atoms with Gasteiger partial charge in [0.05, 0.1) is 0 Å². The van der Waals surface area contributed by atoms with Crippen molar-refractivity contribution in [1.29, 1.82) is 0 Å². The first kappa shape index (κ1) is 36.3. The van der Waals surface area contributed by atoms with E-state index in [-0.39, 0.29) is 5.41 Å². The van der Waals surface area contributed by atoms with E-state index in [2.05, 4.69) is 65.9 Å². The molecular formula is C13H12O6W. The number of ether oxygens (including phenoxy) is 1. The summed E-state index contributed by atoms with van der Waals surface area (Å²) in [5.74, 6) is 6.04. The molecule has 0 aliphatic carbocycles. The Morgan fingerprint density at radius 1 is 0.850 bits per heavy atom. The Morgan fingerprint density at radius 2 is 1.10 bits per heavy atom. The van der Waals surface area contributed by atoms with Crippen LogP contribution in [0.2, 0.25) is 0 Å². The summed E-state index contributed by atoms with van der Waals surface area (Å²) in [5, 5.41) is 0. The zero-order chi connectivity index (χ0) is 18.2. The molecule has 0 fully saturated rings. The van der Waals surface area contributed by atoms with E-state index in [0.29, 0.717) is 0 Å². The van der Waals surface area contributed by atoms with Crippen LogP contribution in [0.5, 0.6) is 0 Å². The Kier molecular flexibility index (Phi) is 78.3. The maximum atomic E-state index is 7.50. The van der Waals surface area contributed by atoms with Crippen LogP contribution in [0.1, 0.15) is 20.8 Å². The van der Waals surface area contributed by atoms with Gasteiger partial charge < -0.3 is 0 Å². The summed E-state index contributed by atoms with van der Waals surface area (Å²) in [5.41, 5.74) is 0.0826. The third-order valence-electron chi connectivity index (χ3n) is 0.725. The molecule has 0 aliphatic rings. The molecule has 0 radical (unpaired) electrons. The minimum absolute atomic E-state index is 0.0826. The second kappa shape index (κ2) is 43.1. The molecule has 0 rings (SSSR count). The Labute approximate surface area is 130 Å². The second-order valence-electron chi connectivity index (χ2n) is 2.99. The van der Waals surface area contributed by atoms with Crippen molar-refractivity contribution in [3.8, 4) is 11.8 Å². The van der Waals surface area contributed by atoms with E-state index in [4.69, 9.17) is 28.0 Å². The van der Waals surface area contributed by atoms with Gasteiger partial charge in [-0.15, -0.1) is 0 Å². The molecule has 0 N–H and O–H groups in total. The summed E-state index contributed by atoms with van der Waals surface area (Å²) in [6.45, 7) is 28.7. The van der Waals surface area contributed by atoms with Gasteiger partial charge in [-0.2, -0.15) is 0 Å². The average Bonchev–Trinajstić information content (AvgIpc) is 2.54. The molecule has 0 saturated carbocycles. The van der Waals surface area contributed by atoms with Crippen LogP contribution in [0.4, 0.5) is 0 Å². The van der Waals surface area contributed by atoms with Gasteiger partial charge in [-0.3, -0.25) is 0 Å². The van der Waals surface area contributed by atoms with E-state index in [1.807, 2.05) is 0 Å². The fourth-order valence-corrected chi connectivity index (χ4v) is 0.473. The minimum atomic E-state index is 0.0826. The van der Waals surface area contributed by atoms with Crippen molar-refractivity contribution < 1.29 is 47.4 Å². The number of hydrogen-bond acceptors (Lipinski definition) is 1. The van der Waals surface area contributed by atoms with Gasteiger partial charge in [-0.1, -0.05) is 0 Å². The van der Waals surface area contributed by atoms with Gasteiger partial charge >= 0.3 is 130 Å². The number of rotatable bonds is 1. The molecule has 0 amide bonds. The first-order valence-corrected chi connectivity index (χ1v) is 5.55. The zero-order valence-corrected chi connectivity index (χ0v) is 14.3. The van der Waals surface area contributed by atoms with Crippen LogP contribution in [0.15, 0.2) is 0 Å². The van der Waals surface area contributed by atoms with Crippen molar-refractivity contribution in [2.24, 2.45) is 5.41 Å². The molecule has 0 aromatic rings. The van der Waals surface area contributed by atoms with Crippen LogP contribution >= 0.6 is 0 Å². The van der Waals surface area contributed by atoms with Crippen molar-refractivity contribution in [2.45, 2.75) is 20.8 Å². The molecule has 0 bridgehead atoms. The van der Waals surface area contributed by atoms with Crippen molar-refractivity contribution in [2.75, 3.05) is 7.11 Å². The molecule has 0 aromatic heterocycles. The molecule has 0 spiro atoms. The Bertz CT molecular complexity index is 322. The number of hydrogen-bond donors (Lipinski definition) is 0. The molecule has 0 saturated heterocycles. The van der Waals surface area contributed by atoms with Crippen LogP contribution in [-0.4, -0.2) is 11.2 Å². The van der Waals surface area contributed by atoms with E-state index in [0.717, 1.165) is 4.08 Å². The molecule has 6 nitrogen and oxygen atoms in total. The average molecular weight is 448 g/mol. The van der Waals surface area contributed by atoms with Gasteiger partial charge in [-0.25, -0.2) is 0 Å². The standard InChI is InChI=1S/C8H12O.5CO.W/c1-8(2,3)6-5-7-9-4;5*1-2;/h1-4H3;;;;;;. The fraction of sp³-hybridized carbons (Fsp3) is 0.385. The summed E-state index contributed by atoms with van der Waals surface area (Å²) in [7, 11) is 1.65. The second-order valence-corrected chi connectivity index (χ2v) is 4.32. The quantitative estimate of drug-likeness (QED) is 0.335. The summed E-state index contributed by atoms with van der Waals surface area (Å²) in [6, 6.07) is 0. The molecule has 0 aliphatic heterocycles. The van der Waals surface area contributed by atoms with Gasteiger partial charge in [0.1, 0.15) is 0 Å². The van der Waals surface area contributed by atoms with Gasteiger partial charge in [-0.05, 0) is 0 Å². The summed E-state index contributed by atoms with van der Waals surface area (Å²) in [6.07, 6.45) is 0. The van der Waals surface area contributed by atoms with Gasteiger partial charge in [0.25, 0.3) is 0 Å². The molecule has 106 valence electrons. The van der Waals surface area contributed by atoms with E-state index < -0.39 is 0 Å². The third kappa shape index (κ3) is 90.9. The number of methoxy groups -OCH3 is 1. The first-order valence-electron chi connectivity index (χ1n) is 4.09. The molecule has 0 unspecified atom stereocenters. The molecule has 7 heteroatoms. The Balaban J connectivity index is -0.0000000412. The van der Waals surface area contributed by atoms with E-state index in [1.165, 1.54) is 19.4 Å². The molecule has 20 heavy (non-hydrogen) atoms. The van der Waals surface area contributed by atoms with Crippen LogP contribution in [-0.2, 0) is 47.4 Å². The van der Waals surface area contributed by atoms with Crippen molar-refractivity contribution in [3.05, 3.63) is 33.3 Å². The van der Waals surface area contributed by atoms with Crippen molar-refractivity contribution in [3.63, 3.8) is 0 Å². The van der Waals surface area contributed by atoms with Gasteiger partial charge in [0.15, 0.2) is 0 Å². The maximum absolute atomic E-state index is 7.50. The Hall–Kier alpha value is -1.22. The summed E-state index contributed by atoms with van der Waals surface area (Å²) >= 11 is 1.29. The molecule has 0 heterocycles. The monoisotopic (exact) mass is 448 g/mol. The van der Waals surface area contributed by atoms with E-state index >= 15 is 0 Å². The first-order chi connectivity index (χ1) is 9.45. The summed E-state index contributed by atoms with van der Waals surface area (Å²) in [4.78, 5) is 0. The van der Waals surface area contributed by atoms with Crippen LogP contribution in [0.3, 0.4) is 0 Å². The Morgan fingerprint density at radius 3 is 1.25 bits per heavy atom. The van der Waals surface area contributed by atoms with Gasteiger partial charge in [0.2, 0.25) is 0 Å². The molecule has 0 aromatic carbocycles.